The predicted molar refractivity (Wildman–Crippen MR) is 87.0 cm³/mol. The Morgan fingerprint density at radius 3 is 2.52 bits per heavy atom. The van der Waals surface area contributed by atoms with Gasteiger partial charge in [-0.3, -0.25) is 0 Å². The summed E-state index contributed by atoms with van der Waals surface area (Å²) >= 11 is 0. The summed E-state index contributed by atoms with van der Waals surface area (Å²) in [7, 11) is 0. The molecule has 23 heavy (non-hydrogen) atoms. The lowest BCUT2D eigenvalue weighted by molar-refractivity contribution is -0.915. The van der Waals surface area contributed by atoms with Gasteiger partial charge in [-0.25, -0.2) is 9.37 Å². The van der Waals surface area contributed by atoms with Crippen LogP contribution in [0.25, 0.3) is 11.1 Å². The Kier molecular flexibility index (Phi) is 3.71. The van der Waals surface area contributed by atoms with Crippen molar-refractivity contribution in [3.63, 3.8) is 0 Å². The number of anilines is 1. The van der Waals surface area contributed by atoms with Gasteiger partial charge < -0.3 is 14.2 Å². The highest BCUT2D eigenvalue weighted by Crippen LogP contribution is 2.15. The van der Waals surface area contributed by atoms with Gasteiger partial charge in [0.25, 0.3) is 5.89 Å². The lowest BCUT2D eigenvalue weighted by atomic mass is 10.2. The number of benzene rings is 2. The first kappa shape index (κ1) is 14.2. The number of nitrogens with zero attached hydrogens (tertiary/aromatic N) is 2. The molecule has 0 bridgehead atoms. The molecule has 2 heterocycles. The van der Waals surface area contributed by atoms with Gasteiger partial charge >= 0.3 is 0 Å². The lowest BCUT2D eigenvalue weighted by Gasteiger charge is -2.33. The predicted octanol–water partition coefficient (Wildman–Crippen LogP) is 1.87. The molecule has 0 spiro atoms. The summed E-state index contributed by atoms with van der Waals surface area (Å²) in [6.07, 6.45) is 0. The maximum absolute atomic E-state index is 13.0. The number of rotatable bonds is 3. The maximum Gasteiger partial charge on any atom is 0.251 e. The number of quaternary nitrogens is 1. The molecule has 1 N–H and O–H groups in total. The second-order valence-electron chi connectivity index (χ2n) is 5.97. The minimum atomic E-state index is -0.186. The molecule has 1 fully saturated rings. The summed E-state index contributed by atoms with van der Waals surface area (Å²) < 4.78 is 18.8. The van der Waals surface area contributed by atoms with E-state index in [4.69, 9.17) is 4.42 Å². The summed E-state index contributed by atoms with van der Waals surface area (Å²) in [5.41, 5.74) is 2.87. The van der Waals surface area contributed by atoms with Crippen LogP contribution in [0.2, 0.25) is 0 Å². The Balaban J connectivity index is 1.38. The molecule has 5 heteroatoms. The Morgan fingerprint density at radius 1 is 1.04 bits per heavy atom. The molecule has 4 nitrogen and oxygen atoms in total. The second-order valence-corrected chi connectivity index (χ2v) is 5.97. The number of fused-ring (bicyclic) bond motifs is 1. The zero-order valence-corrected chi connectivity index (χ0v) is 12.8. The zero-order chi connectivity index (χ0) is 15.6. The molecule has 0 saturated carbocycles. The molecular formula is C18H19FN3O+. The summed E-state index contributed by atoms with van der Waals surface area (Å²) in [5, 5.41) is 0. The number of hydrogen-bond donors (Lipinski definition) is 1. The Labute approximate surface area is 134 Å². The van der Waals surface area contributed by atoms with Crippen LogP contribution < -0.4 is 9.80 Å². The van der Waals surface area contributed by atoms with Crippen LogP contribution in [0.15, 0.2) is 52.9 Å². The van der Waals surface area contributed by atoms with E-state index in [1.807, 2.05) is 36.4 Å². The van der Waals surface area contributed by atoms with Crippen molar-refractivity contribution in [2.75, 3.05) is 31.1 Å². The highest BCUT2D eigenvalue weighted by molar-refractivity contribution is 5.72. The van der Waals surface area contributed by atoms with E-state index in [-0.39, 0.29) is 5.82 Å². The van der Waals surface area contributed by atoms with E-state index in [0.29, 0.717) is 0 Å². The second kappa shape index (κ2) is 6.01. The fraction of sp³-hybridized carbons (Fsp3) is 0.278. The number of nitrogens with one attached hydrogen (secondary N) is 1. The van der Waals surface area contributed by atoms with Crippen LogP contribution >= 0.6 is 0 Å². The fourth-order valence-corrected chi connectivity index (χ4v) is 3.12. The Morgan fingerprint density at radius 2 is 1.78 bits per heavy atom. The van der Waals surface area contributed by atoms with E-state index in [1.54, 1.807) is 0 Å². The third-order valence-electron chi connectivity index (χ3n) is 4.40. The van der Waals surface area contributed by atoms with Gasteiger partial charge in [-0.2, -0.15) is 0 Å². The van der Waals surface area contributed by atoms with Gasteiger partial charge in [0, 0.05) is 5.69 Å². The van der Waals surface area contributed by atoms with Crippen LogP contribution in [0.1, 0.15) is 5.89 Å². The largest absolute Gasteiger partial charge is 0.435 e. The molecule has 3 aromatic rings. The number of oxazole rings is 1. The molecule has 1 aliphatic heterocycles. The van der Waals surface area contributed by atoms with Crippen LogP contribution in [0.3, 0.4) is 0 Å². The number of piperazine rings is 1. The van der Waals surface area contributed by atoms with Gasteiger partial charge in [-0.15, -0.1) is 0 Å². The van der Waals surface area contributed by atoms with E-state index in [9.17, 15) is 4.39 Å². The maximum atomic E-state index is 13.0. The molecule has 2 aromatic carbocycles. The molecule has 0 radical (unpaired) electrons. The van der Waals surface area contributed by atoms with Crippen LogP contribution in [0.5, 0.6) is 0 Å². The van der Waals surface area contributed by atoms with Gasteiger partial charge in [0.1, 0.15) is 11.3 Å². The molecule has 1 saturated heterocycles. The Hall–Kier alpha value is -2.40. The molecule has 4 rings (SSSR count). The minimum absolute atomic E-state index is 0.186. The van der Waals surface area contributed by atoms with Crippen LogP contribution in [0.4, 0.5) is 10.1 Å². The summed E-state index contributed by atoms with van der Waals surface area (Å²) in [6.45, 7) is 4.78. The topological polar surface area (TPSA) is 33.7 Å². The molecule has 1 aliphatic rings. The average molecular weight is 312 g/mol. The molecule has 0 amide bonds. The molecule has 118 valence electrons. The Bertz CT molecular complexity index is 758. The van der Waals surface area contributed by atoms with Crippen molar-refractivity contribution in [1.29, 1.82) is 0 Å². The molecule has 0 atom stereocenters. The summed E-state index contributed by atoms with van der Waals surface area (Å²) in [5.74, 6) is 0.616. The smallest absolute Gasteiger partial charge is 0.251 e. The zero-order valence-electron chi connectivity index (χ0n) is 12.8. The highest BCUT2D eigenvalue weighted by Gasteiger charge is 2.22. The van der Waals surface area contributed by atoms with Crippen LogP contribution in [-0.2, 0) is 6.54 Å². The number of hydrogen-bond acceptors (Lipinski definition) is 3. The van der Waals surface area contributed by atoms with Crippen molar-refractivity contribution in [3.8, 4) is 0 Å². The van der Waals surface area contributed by atoms with Crippen LogP contribution in [-0.4, -0.2) is 31.2 Å². The van der Waals surface area contributed by atoms with Gasteiger partial charge in [-0.1, -0.05) is 12.1 Å². The first-order chi connectivity index (χ1) is 11.3. The molecule has 0 unspecified atom stereocenters. The lowest BCUT2D eigenvalue weighted by Crippen LogP contribution is -3.13. The third kappa shape index (κ3) is 3.05. The van der Waals surface area contributed by atoms with E-state index < -0.39 is 0 Å². The summed E-state index contributed by atoms with van der Waals surface area (Å²) in [4.78, 5) is 8.32. The molecular weight excluding hydrogens is 293 g/mol. The molecule has 1 aromatic heterocycles. The van der Waals surface area contributed by atoms with Crippen molar-refractivity contribution in [3.05, 3.63) is 60.2 Å². The van der Waals surface area contributed by atoms with Crippen molar-refractivity contribution in [1.82, 2.24) is 4.98 Å². The number of halogens is 1. The first-order valence-corrected chi connectivity index (χ1v) is 7.96. The highest BCUT2D eigenvalue weighted by atomic mass is 19.1. The molecule has 0 aliphatic carbocycles. The average Bonchev–Trinajstić information content (AvgIpc) is 2.98. The van der Waals surface area contributed by atoms with E-state index in [2.05, 4.69) is 9.88 Å². The standard InChI is InChI=1S/C18H18FN3O/c19-14-5-7-15(8-6-14)22-11-9-21(10-12-22)13-18-20-16-3-1-2-4-17(16)23-18/h1-8H,9-13H2/p+1. The van der Waals surface area contributed by atoms with Crippen molar-refractivity contribution >= 4 is 16.8 Å². The van der Waals surface area contributed by atoms with E-state index in [0.717, 1.165) is 55.4 Å². The minimum Gasteiger partial charge on any atom is -0.435 e. The van der Waals surface area contributed by atoms with E-state index in [1.165, 1.54) is 17.0 Å². The van der Waals surface area contributed by atoms with Crippen molar-refractivity contribution in [2.45, 2.75) is 6.54 Å². The van der Waals surface area contributed by atoms with Gasteiger partial charge in [0.2, 0.25) is 0 Å². The quantitative estimate of drug-likeness (QED) is 0.802. The SMILES string of the molecule is Fc1ccc(N2CC[NH+](Cc3nc4ccccc4o3)CC2)cc1. The fourth-order valence-electron chi connectivity index (χ4n) is 3.12. The van der Waals surface area contributed by atoms with Gasteiger partial charge in [0.05, 0.1) is 26.2 Å². The third-order valence-corrected chi connectivity index (χ3v) is 4.40. The van der Waals surface area contributed by atoms with Gasteiger partial charge in [-0.05, 0) is 36.4 Å². The van der Waals surface area contributed by atoms with Crippen LogP contribution in [0, 0.1) is 5.82 Å². The first-order valence-electron chi connectivity index (χ1n) is 7.96. The number of aromatic nitrogens is 1. The normalized spacial score (nSPS) is 16.1. The number of para-hydroxylation sites is 2. The monoisotopic (exact) mass is 312 g/mol. The van der Waals surface area contributed by atoms with E-state index >= 15 is 0 Å². The van der Waals surface area contributed by atoms with Gasteiger partial charge in [0.15, 0.2) is 12.1 Å². The van der Waals surface area contributed by atoms with Crippen molar-refractivity contribution < 1.29 is 13.7 Å². The summed E-state index contributed by atoms with van der Waals surface area (Å²) in [6, 6.07) is 14.6. The van der Waals surface area contributed by atoms with Crippen molar-refractivity contribution in [2.24, 2.45) is 0 Å².